The molecular formula is C28H25Cl3N2O4. The number of carboxylic acid groups (broad SMARTS) is 1. The minimum atomic E-state index is -1.13. The zero-order valence-electron chi connectivity index (χ0n) is 19.8. The normalized spacial score (nSPS) is 16.2. The maximum absolute atomic E-state index is 13.0. The number of hydrogen-bond donors (Lipinski definition) is 2. The number of hydrogen-bond acceptors (Lipinski definition) is 3. The average molecular weight is 560 g/mol. The second-order valence-corrected chi connectivity index (χ2v) is 10.2. The number of aliphatic carboxylic acids is 1. The van der Waals surface area contributed by atoms with E-state index >= 15 is 0 Å². The standard InChI is InChI=1S/C28H25Cl3N2O4/c29-20-11-12-24(31)22(15-20)18-9-7-17(8-10-18)14-25(28(36)37)32-26(34)19-4-3-13-33(16-19)27(35)21-5-1-2-6-23(21)30/h1-2,5-12,15,19,25H,3-4,13-14,16H2,(H,32,34)(H,36,37)/t19?,25-/m0/s1. The first-order valence-corrected chi connectivity index (χ1v) is 13.0. The molecule has 0 aliphatic carbocycles. The number of rotatable bonds is 7. The highest BCUT2D eigenvalue weighted by molar-refractivity contribution is 6.35. The average Bonchev–Trinajstić information content (AvgIpc) is 2.90. The molecule has 192 valence electrons. The van der Waals surface area contributed by atoms with E-state index < -0.39 is 17.9 Å². The van der Waals surface area contributed by atoms with Crippen LogP contribution in [0, 0.1) is 5.92 Å². The van der Waals surface area contributed by atoms with Gasteiger partial charge in [0, 0.05) is 35.1 Å². The molecule has 1 unspecified atom stereocenters. The van der Waals surface area contributed by atoms with Crippen molar-refractivity contribution in [1.82, 2.24) is 10.2 Å². The lowest BCUT2D eigenvalue weighted by Gasteiger charge is -2.33. The van der Waals surface area contributed by atoms with Gasteiger partial charge in [-0.15, -0.1) is 0 Å². The number of nitrogens with one attached hydrogen (secondary N) is 1. The molecule has 3 aromatic carbocycles. The number of carboxylic acids is 1. The van der Waals surface area contributed by atoms with Gasteiger partial charge < -0.3 is 15.3 Å². The molecule has 0 aromatic heterocycles. The van der Waals surface area contributed by atoms with Crippen molar-refractivity contribution in [3.05, 3.63) is 92.9 Å². The lowest BCUT2D eigenvalue weighted by molar-refractivity contribution is -0.142. The van der Waals surface area contributed by atoms with Crippen molar-refractivity contribution >= 4 is 52.6 Å². The number of benzene rings is 3. The molecule has 37 heavy (non-hydrogen) atoms. The molecule has 1 fully saturated rings. The van der Waals surface area contributed by atoms with Gasteiger partial charge in [-0.05, 0) is 54.3 Å². The van der Waals surface area contributed by atoms with E-state index in [1.807, 2.05) is 12.1 Å². The van der Waals surface area contributed by atoms with Crippen LogP contribution in [0.3, 0.4) is 0 Å². The summed E-state index contributed by atoms with van der Waals surface area (Å²) in [5.74, 6) is -2.26. The van der Waals surface area contributed by atoms with E-state index in [2.05, 4.69) is 5.32 Å². The molecule has 2 N–H and O–H groups in total. The fourth-order valence-electron chi connectivity index (χ4n) is 4.45. The molecule has 4 rings (SSSR count). The molecule has 1 saturated heterocycles. The number of amides is 2. The minimum Gasteiger partial charge on any atom is -0.480 e. The van der Waals surface area contributed by atoms with Gasteiger partial charge in [0.1, 0.15) is 6.04 Å². The molecule has 2 atom stereocenters. The molecule has 1 heterocycles. The van der Waals surface area contributed by atoms with Crippen molar-refractivity contribution in [1.29, 1.82) is 0 Å². The van der Waals surface area contributed by atoms with Crippen molar-refractivity contribution in [3.8, 4) is 11.1 Å². The minimum absolute atomic E-state index is 0.111. The Labute approximate surface area is 230 Å². The molecule has 0 bridgehead atoms. The fraction of sp³-hybridized carbons (Fsp3) is 0.250. The summed E-state index contributed by atoms with van der Waals surface area (Å²) in [4.78, 5) is 39.5. The third-order valence-electron chi connectivity index (χ3n) is 6.43. The summed E-state index contributed by atoms with van der Waals surface area (Å²) in [5.41, 5.74) is 2.75. The van der Waals surface area contributed by atoms with E-state index in [-0.39, 0.29) is 24.8 Å². The van der Waals surface area contributed by atoms with Crippen LogP contribution in [-0.2, 0) is 16.0 Å². The zero-order valence-corrected chi connectivity index (χ0v) is 22.1. The Hall–Kier alpha value is -3.06. The van der Waals surface area contributed by atoms with Crippen molar-refractivity contribution in [2.24, 2.45) is 5.92 Å². The van der Waals surface area contributed by atoms with Gasteiger partial charge in [-0.3, -0.25) is 9.59 Å². The number of nitrogens with zero attached hydrogens (tertiary/aromatic N) is 1. The van der Waals surface area contributed by atoms with Crippen LogP contribution in [0.1, 0.15) is 28.8 Å². The first-order chi connectivity index (χ1) is 17.7. The first kappa shape index (κ1) is 27.0. The van der Waals surface area contributed by atoms with E-state index in [0.717, 1.165) is 16.7 Å². The first-order valence-electron chi connectivity index (χ1n) is 11.8. The van der Waals surface area contributed by atoms with Crippen molar-refractivity contribution < 1.29 is 19.5 Å². The number of piperidine rings is 1. The van der Waals surface area contributed by atoms with Crippen LogP contribution in [0.4, 0.5) is 0 Å². The van der Waals surface area contributed by atoms with E-state index in [1.54, 1.807) is 59.5 Å². The Morgan fingerprint density at radius 3 is 2.41 bits per heavy atom. The van der Waals surface area contributed by atoms with E-state index in [1.165, 1.54) is 0 Å². The Morgan fingerprint density at radius 1 is 0.973 bits per heavy atom. The lowest BCUT2D eigenvalue weighted by atomic mass is 9.95. The van der Waals surface area contributed by atoms with Crippen LogP contribution in [0.5, 0.6) is 0 Å². The summed E-state index contributed by atoms with van der Waals surface area (Å²) in [6.07, 6.45) is 1.32. The highest BCUT2D eigenvalue weighted by Gasteiger charge is 2.32. The quantitative estimate of drug-likeness (QED) is 0.373. The smallest absolute Gasteiger partial charge is 0.326 e. The molecule has 1 aliphatic rings. The van der Waals surface area contributed by atoms with Crippen LogP contribution in [0.25, 0.3) is 11.1 Å². The van der Waals surface area contributed by atoms with Crippen LogP contribution in [-0.4, -0.2) is 46.9 Å². The molecule has 0 saturated carbocycles. The molecule has 3 aromatic rings. The van der Waals surface area contributed by atoms with Crippen molar-refractivity contribution in [3.63, 3.8) is 0 Å². The number of carbonyl (C=O) groups is 3. The summed E-state index contributed by atoms with van der Waals surface area (Å²) in [6.45, 7) is 0.719. The number of halogens is 3. The second kappa shape index (κ2) is 12.0. The van der Waals surface area contributed by atoms with Crippen LogP contribution < -0.4 is 5.32 Å². The maximum atomic E-state index is 13.0. The van der Waals surface area contributed by atoms with Gasteiger partial charge in [0.15, 0.2) is 0 Å². The predicted octanol–water partition coefficient (Wildman–Crippen LogP) is 5.98. The number of carbonyl (C=O) groups excluding carboxylic acids is 2. The Bertz CT molecular complexity index is 1310. The lowest BCUT2D eigenvalue weighted by Crippen LogP contribution is -2.50. The van der Waals surface area contributed by atoms with Crippen molar-refractivity contribution in [2.75, 3.05) is 13.1 Å². The van der Waals surface area contributed by atoms with Gasteiger partial charge >= 0.3 is 5.97 Å². The fourth-order valence-corrected chi connectivity index (χ4v) is 5.06. The molecule has 6 nitrogen and oxygen atoms in total. The summed E-state index contributed by atoms with van der Waals surface area (Å²) < 4.78 is 0. The Balaban J connectivity index is 1.41. The Morgan fingerprint density at radius 2 is 1.70 bits per heavy atom. The third-order valence-corrected chi connectivity index (χ3v) is 7.33. The van der Waals surface area contributed by atoms with E-state index in [9.17, 15) is 19.5 Å². The molecule has 1 aliphatic heterocycles. The monoisotopic (exact) mass is 558 g/mol. The molecule has 0 spiro atoms. The SMILES string of the molecule is O=C(N[C@@H](Cc1ccc(-c2cc(Cl)ccc2Cl)cc1)C(=O)O)C1CCCN(C(=O)c2ccccc2Cl)C1. The maximum Gasteiger partial charge on any atom is 0.326 e. The molecule has 2 amide bonds. The second-order valence-electron chi connectivity index (χ2n) is 8.99. The van der Waals surface area contributed by atoms with Crippen LogP contribution in [0.2, 0.25) is 15.1 Å². The van der Waals surface area contributed by atoms with Gasteiger partial charge in [-0.2, -0.15) is 0 Å². The van der Waals surface area contributed by atoms with Gasteiger partial charge in [-0.25, -0.2) is 4.79 Å². The van der Waals surface area contributed by atoms with Gasteiger partial charge in [0.05, 0.1) is 16.5 Å². The highest BCUT2D eigenvalue weighted by Crippen LogP contribution is 2.31. The predicted molar refractivity (Wildman–Crippen MR) is 145 cm³/mol. The van der Waals surface area contributed by atoms with E-state index in [0.29, 0.717) is 40.0 Å². The van der Waals surface area contributed by atoms with Crippen LogP contribution >= 0.6 is 34.8 Å². The summed E-state index contributed by atoms with van der Waals surface area (Å²) >= 11 is 18.5. The molecular weight excluding hydrogens is 535 g/mol. The molecule has 0 radical (unpaired) electrons. The largest absolute Gasteiger partial charge is 0.480 e. The van der Waals surface area contributed by atoms with Gasteiger partial charge in [0.2, 0.25) is 5.91 Å². The van der Waals surface area contributed by atoms with Gasteiger partial charge in [0.25, 0.3) is 5.91 Å². The summed E-state index contributed by atoms with van der Waals surface area (Å²) in [5, 5.41) is 13.9. The summed E-state index contributed by atoms with van der Waals surface area (Å²) in [6, 6.07) is 18.2. The highest BCUT2D eigenvalue weighted by atomic mass is 35.5. The third kappa shape index (κ3) is 6.63. The topological polar surface area (TPSA) is 86.7 Å². The van der Waals surface area contributed by atoms with Gasteiger partial charge in [-0.1, -0.05) is 71.2 Å². The molecule has 9 heteroatoms. The van der Waals surface area contributed by atoms with E-state index in [4.69, 9.17) is 34.8 Å². The van der Waals surface area contributed by atoms with Crippen LogP contribution in [0.15, 0.2) is 66.7 Å². The number of likely N-dealkylation sites (tertiary alicyclic amines) is 1. The van der Waals surface area contributed by atoms with Crippen molar-refractivity contribution in [2.45, 2.75) is 25.3 Å². The summed E-state index contributed by atoms with van der Waals surface area (Å²) in [7, 11) is 0. The zero-order chi connectivity index (χ0) is 26.5. The Kier molecular flexibility index (Phi) is 8.75.